The minimum absolute atomic E-state index is 0.00295. The van der Waals surface area contributed by atoms with Crippen LogP contribution in [0.2, 0.25) is 5.02 Å². The number of rotatable bonds is 5. The zero-order valence-corrected chi connectivity index (χ0v) is 12.8. The fourth-order valence-corrected chi connectivity index (χ4v) is 2.65. The van der Waals surface area contributed by atoms with Crippen molar-refractivity contribution < 1.29 is 14.3 Å². The Labute approximate surface area is 130 Å². The lowest BCUT2D eigenvalue weighted by Crippen LogP contribution is -2.30. The third-order valence-corrected chi connectivity index (χ3v) is 4.36. The SMILES string of the molecule is CCc1ncc(C(=O)NC(CO)c2ccc(Cl)c(F)c2)s1. The van der Waals surface area contributed by atoms with Crippen molar-refractivity contribution in [3.8, 4) is 0 Å². The Bertz CT molecular complexity index is 648. The van der Waals surface area contributed by atoms with E-state index < -0.39 is 11.9 Å². The Kier molecular flexibility index (Phi) is 5.27. The number of carbonyl (C=O) groups excluding carboxylic acids is 1. The molecule has 1 amide bonds. The van der Waals surface area contributed by atoms with Crippen LogP contribution in [0.15, 0.2) is 24.4 Å². The molecule has 0 aliphatic rings. The van der Waals surface area contributed by atoms with Crippen LogP contribution in [0.5, 0.6) is 0 Å². The molecular formula is C14H14ClFN2O2S. The molecule has 0 saturated heterocycles. The summed E-state index contributed by atoms with van der Waals surface area (Å²) < 4.78 is 13.5. The molecule has 1 atom stereocenters. The zero-order valence-electron chi connectivity index (χ0n) is 11.3. The molecule has 1 aromatic carbocycles. The number of thiazole rings is 1. The lowest BCUT2D eigenvalue weighted by molar-refractivity contribution is 0.0920. The second-order valence-corrected chi connectivity index (χ2v) is 5.88. The first-order chi connectivity index (χ1) is 10.0. The lowest BCUT2D eigenvalue weighted by Gasteiger charge is -2.16. The Morgan fingerprint density at radius 2 is 2.33 bits per heavy atom. The maximum atomic E-state index is 13.5. The van der Waals surface area contributed by atoms with Gasteiger partial charge in [-0.3, -0.25) is 4.79 Å². The van der Waals surface area contributed by atoms with Gasteiger partial charge in [-0.25, -0.2) is 9.37 Å². The first kappa shape index (κ1) is 15.9. The van der Waals surface area contributed by atoms with E-state index in [1.54, 1.807) is 6.07 Å². The van der Waals surface area contributed by atoms with Crippen LogP contribution in [-0.2, 0) is 6.42 Å². The van der Waals surface area contributed by atoms with Gasteiger partial charge in [0.25, 0.3) is 5.91 Å². The van der Waals surface area contributed by atoms with Gasteiger partial charge in [0.15, 0.2) is 0 Å². The molecule has 0 bridgehead atoms. The smallest absolute Gasteiger partial charge is 0.263 e. The summed E-state index contributed by atoms with van der Waals surface area (Å²) in [7, 11) is 0. The number of aliphatic hydroxyl groups is 1. The Morgan fingerprint density at radius 3 is 2.90 bits per heavy atom. The van der Waals surface area contributed by atoms with Crippen molar-refractivity contribution in [2.24, 2.45) is 0 Å². The highest BCUT2D eigenvalue weighted by molar-refractivity contribution is 7.13. The van der Waals surface area contributed by atoms with Crippen molar-refractivity contribution in [3.63, 3.8) is 0 Å². The number of nitrogens with one attached hydrogen (secondary N) is 1. The number of halogens is 2. The molecule has 0 spiro atoms. The van der Waals surface area contributed by atoms with Crippen molar-refractivity contribution in [2.45, 2.75) is 19.4 Å². The summed E-state index contributed by atoms with van der Waals surface area (Å²) in [6.07, 6.45) is 2.25. The molecule has 2 N–H and O–H groups in total. The van der Waals surface area contributed by atoms with E-state index >= 15 is 0 Å². The van der Waals surface area contributed by atoms with Crippen LogP contribution in [0.3, 0.4) is 0 Å². The van der Waals surface area contributed by atoms with Gasteiger partial charge in [0.1, 0.15) is 10.7 Å². The first-order valence-corrected chi connectivity index (χ1v) is 7.56. The molecule has 1 aromatic heterocycles. The molecule has 0 aliphatic heterocycles. The van der Waals surface area contributed by atoms with E-state index in [9.17, 15) is 14.3 Å². The molecule has 0 saturated carbocycles. The maximum Gasteiger partial charge on any atom is 0.263 e. The molecule has 2 rings (SSSR count). The van der Waals surface area contributed by atoms with Crippen LogP contribution < -0.4 is 5.32 Å². The monoisotopic (exact) mass is 328 g/mol. The molecule has 7 heteroatoms. The largest absolute Gasteiger partial charge is 0.394 e. The van der Waals surface area contributed by atoms with Gasteiger partial charge < -0.3 is 10.4 Å². The second-order valence-electron chi connectivity index (χ2n) is 4.35. The Balaban J connectivity index is 2.14. The quantitative estimate of drug-likeness (QED) is 0.887. The van der Waals surface area contributed by atoms with Crippen LogP contribution in [-0.4, -0.2) is 22.6 Å². The summed E-state index contributed by atoms with van der Waals surface area (Å²) in [6, 6.07) is 3.46. The van der Waals surface area contributed by atoms with Crippen molar-refractivity contribution >= 4 is 28.8 Å². The average molecular weight is 329 g/mol. The van der Waals surface area contributed by atoms with E-state index in [1.165, 1.54) is 29.7 Å². The summed E-state index contributed by atoms with van der Waals surface area (Å²) in [5.74, 6) is -0.936. The van der Waals surface area contributed by atoms with Gasteiger partial charge in [0.2, 0.25) is 0 Å². The zero-order chi connectivity index (χ0) is 15.4. The van der Waals surface area contributed by atoms with Crippen LogP contribution >= 0.6 is 22.9 Å². The summed E-state index contributed by atoms with van der Waals surface area (Å²) in [5.41, 5.74) is 0.452. The summed E-state index contributed by atoms with van der Waals surface area (Å²) >= 11 is 6.91. The van der Waals surface area contributed by atoms with Crippen molar-refractivity contribution in [1.29, 1.82) is 0 Å². The van der Waals surface area contributed by atoms with E-state index in [0.717, 1.165) is 11.4 Å². The number of carbonyl (C=O) groups is 1. The molecule has 0 radical (unpaired) electrons. The molecule has 1 unspecified atom stereocenters. The number of amides is 1. The predicted molar refractivity (Wildman–Crippen MR) is 80.2 cm³/mol. The maximum absolute atomic E-state index is 13.5. The highest BCUT2D eigenvalue weighted by atomic mass is 35.5. The summed E-state index contributed by atoms with van der Waals surface area (Å²) in [4.78, 5) is 16.7. The van der Waals surface area contributed by atoms with Crippen molar-refractivity contribution in [2.75, 3.05) is 6.61 Å². The molecule has 1 heterocycles. The highest BCUT2D eigenvalue weighted by Crippen LogP contribution is 2.21. The number of nitrogens with zero attached hydrogens (tertiary/aromatic N) is 1. The van der Waals surface area contributed by atoms with Gasteiger partial charge in [-0.05, 0) is 24.1 Å². The van der Waals surface area contributed by atoms with Gasteiger partial charge in [0, 0.05) is 0 Å². The number of benzene rings is 1. The van der Waals surface area contributed by atoms with Gasteiger partial charge in [-0.1, -0.05) is 24.6 Å². The molecule has 0 aliphatic carbocycles. The number of aliphatic hydroxyl groups excluding tert-OH is 1. The standard InChI is InChI=1S/C14H14ClFN2O2S/c1-2-13-17-6-12(21-13)14(20)18-11(7-19)8-3-4-9(15)10(16)5-8/h3-6,11,19H,2,7H2,1H3,(H,18,20). The minimum atomic E-state index is -0.698. The van der Waals surface area contributed by atoms with Crippen LogP contribution in [0.1, 0.15) is 33.2 Å². The summed E-state index contributed by atoms with van der Waals surface area (Å²) in [5, 5.41) is 12.9. The second kappa shape index (κ2) is 6.98. The molecule has 21 heavy (non-hydrogen) atoms. The van der Waals surface area contributed by atoms with Gasteiger partial charge in [-0.2, -0.15) is 0 Å². The van der Waals surface area contributed by atoms with E-state index in [1.807, 2.05) is 6.92 Å². The molecule has 2 aromatic rings. The van der Waals surface area contributed by atoms with Crippen LogP contribution in [0.25, 0.3) is 0 Å². The van der Waals surface area contributed by atoms with E-state index in [0.29, 0.717) is 10.4 Å². The Hall–Kier alpha value is -1.50. The molecule has 0 fully saturated rings. The number of aryl methyl sites for hydroxylation is 1. The number of hydrogen-bond donors (Lipinski definition) is 2. The first-order valence-electron chi connectivity index (χ1n) is 6.36. The third-order valence-electron chi connectivity index (χ3n) is 2.91. The lowest BCUT2D eigenvalue weighted by atomic mass is 10.1. The summed E-state index contributed by atoms with van der Waals surface area (Å²) in [6.45, 7) is 1.61. The van der Waals surface area contributed by atoms with E-state index in [-0.39, 0.29) is 17.5 Å². The van der Waals surface area contributed by atoms with Crippen molar-refractivity contribution in [3.05, 3.63) is 50.7 Å². The highest BCUT2D eigenvalue weighted by Gasteiger charge is 2.18. The number of aromatic nitrogens is 1. The predicted octanol–water partition coefficient (Wildman–Crippen LogP) is 2.96. The molecule has 112 valence electrons. The third kappa shape index (κ3) is 3.78. The fourth-order valence-electron chi connectivity index (χ4n) is 1.77. The van der Waals surface area contributed by atoms with Gasteiger partial charge in [0.05, 0.1) is 28.9 Å². The molecular weight excluding hydrogens is 315 g/mol. The van der Waals surface area contributed by atoms with Crippen LogP contribution in [0, 0.1) is 5.82 Å². The topological polar surface area (TPSA) is 62.2 Å². The van der Waals surface area contributed by atoms with Gasteiger partial charge in [-0.15, -0.1) is 11.3 Å². The normalized spacial score (nSPS) is 12.2. The fraction of sp³-hybridized carbons (Fsp3) is 0.286. The number of hydrogen-bond acceptors (Lipinski definition) is 4. The minimum Gasteiger partial charge on any atom is -0.394 e. The Morgan fingerprint density at radius 1 is 1.57 bits per heavy atom. The average Bonchev–Trinajstić information content (AvgIpc) is 2.96. The van der Waals surface area contributed by atoms with E-state index in [2.05, 4.69) is 10.3 Å². The van der Waals surface area contributed by atoms with E-state index in [4.69, 9.17) is 11.6 Å². The van der Waals surface area contributed by atoms with Gasteiger partial charge >= 0.3 is 0 Å². The van der Waals surface area contributed by atoms with Crippen LogP contribution in [0.4, 0.5) is 4.39 Å². The van der Waals surface area contributed by atoms with Crippen molar-refractivity contribution in [1.82, 2.24) is 10.3 Å². The molecule has 4 nitrogen and oxygen atoms in total.